The zero-order chi connectivity index (χ0) is 22.0. The second-order valence-electron chi connectivity index (χ2n) is 7.42. The third kappa shape index (κ3) is 4.28. The molecule has 2 aromatic carbocycles. The van der Waals surface area contributed by atoms with E-state index in [0.29, 0.717) is 35.2 Å². The average Bonchev–Trinajstić information content (AvgIpc) is 3.21. The van der Waals surface area contributed by atoms with Crippen LogP contribution in [0.1, 0.15) is 18.9 Å². The van der Waals surface area contributed by atoms with E-state index in [4.69, 9.17) is 15.5 Å². The van der Waals surface area contributed by atoms with Crippen molar-refractivity contribution in [3.05, 3.63) is 42.0 Å². The van der Waals surface area contributed by atoms with Crippen molar-refractivity contribution < 1.29 is 9.53 Å². The Balaban J connectivity index is 1.73. The number of hydrogen-bond acceptors (Lipinski definition) is 8. The summed E-state index contributed by atoms with van der Waals surface area (Å²) in [6, 6.07) is 12.9. The molecule has 1 aliphatic rings. The number of carbonyl (C=O) groups excluding carboxylic acids is 1. The normalized spacial score (nSPS) is 15.5. The Hall–Kier alpha value is -4.06. The van der Waals surface area contributed by atoms with Crippen molar-refractivity contribution in [1.82, 2.24) is 15.3 Å². The molecule has 9 nitrogen and oxygen atoms in total. The van der Waals surface area contributed by atoms with Crippen LogP contribution in [0.15, 0.2) is 36.4 Å². The molecular formula is C22H23N7O2. The van der Waals surface area contributed by atoms with E-state index in [1.54, 1.807) is 25.3 Å². The second-order valence-corrected chi connectivity index (χ2v) is 7.42. The quantitative estimate of drug-likeness (QED) is 0.540. The van der Waals surface area contributed by atoms with Crippen LogP contribution < -0.4 is 26.0 Å². The van der Waals surface area contributed by atoms with Crippen LogP contribution in [0, 0.1) is 11.3 Å². The molecule has 4 N–H and O–H groups in total. The molecule has 9 heteroatoms. The van der Waals surface area contributed by atoms with Crippen LogP contribution in [0.3, 0.4) is 0 Å². The minimum atomic E-state index is -0.0388. The van der Waals surface area contributed by atoms with Crippen molar-refractivity contribution in [3.63, 3.8) is 0 Å². The van der Waals surface area contributed by atoms with E-state index in [1.807, 2.05) is 18.2 Å². The number of nitrogen functional groups attached to an aromatic ring is 1. The number of nitrogens with one attached hydrogen (secondary N) is 2. The molecule has 1 fully saturated rings. The van der Waals surface area contributed by atoms with Crippen molar-refractivity contribution in [2.24, 2.45) is 0 Å². The molecule has 31 heavy (non-hydrogen) atoms. The van der Waals surface area contributed by atoms with Gasteiger partial charge in [-0.05, 0) is 36.8 Å². The molecule has 1 atom stereocenters. The van der Waals surface area contributed by atoms with Crippen molar-refractivity contribution in [3.8, 4) is 11.8 Å². The van der Waals surface area contributed by atoms with E-state index >= 15 is 0 Å². The minimum Gasteiger partial charge on any atom is -0.497 e. The lowest BCUT2D eigenvalue weighted by Gasteiger charge is -2.21. The Morgan fingerprint density at radius 2 is 2.13 bits per heavy atom. The number of anilines is 4. The molecule has 1 aromatic heterocycles. The van der Waals surface area contributed by atoms with Gasteiger partial charge in [-0.3, -0.25) is 4.79 Å². The number of fused-ring (bicyclic) bond motifs is 1. The molecule has 0 saturated carbocycles. The van der Waals surface area contributed by atoms with E-state index in [0.717, 1.165) is 29.7 Å². The summed E-state index contributed by atoms with van der Waals surface area (Å²) in [5.41, 5.74) is 8.01. The van der Waals surface area contributed by atoms with Crippen molar-refractivity contribution in [2.75, 3.05) is 36.1 Å². The number of aromatic nitrogens is 2. The third-order valence-corrected chi connectivity index (χ3v) is 5.21. The number of carbonyl (C=O) groups is 1. The van der Waals surface area contributed by atoms with Crippen LogP contribution in [0.2, 0.25) is 0 Å². The van der Waals surface area contributed by atoms with Crippen LogP contribution in [0.5, 0.6) is 5.75 Å². The molecule has 0 radical (unpaired) electrons. The predicted octanol–water partition coefficient (Wildman–Crippen LogP) is 2.55. The van der Waals surface area contributed by atoms with Crippen LogP contribution in [0.4, 0.5) is 23.1 Å². The van der Waals surface area contributed by atoms with Gasteiger partial charge in [0.15, 0.2) is 0 Å². The zero-order valence-corrected chi connectivity index (χ0v) is 17.3. The predicted molar refractivity (Wildman–Crippen MR) is 119 cm³/mol. The molecule has 1 aliphatic heterocycles. The van der Waals surface area contributed by atoms with Crippen molar-refractivity contribution in [2.45, 2.75) is 19.4 Å². The van der Waals surface area contributed by atoms with Crippen LogP contribution in [-0.2, 0) is 4.79 Å². The van der Waals surface area contributed by atoms with Gasteiger partial charge in [-0.15, -0.1) is 0 Å². The monoisotopic (exact) mass is 417 g/mol. The molecule has 1 saturated heterocycles. The lowest BCUT2D eigenvalue weighted by molar-refractivity contribution is -0.119. The van der Waals surface area contributed by atoms with Crippen LogP contribution in [0.25, 0.3) is 10.9 Å². The van der Waals surface area contributed by atoms with Gasteiger partial charge in [-0.2, -0.15) is 10.2 Å². The largest absolute Gasteiger partial charge is 0.497 e. The summed E-state index contributed by atoms with van der Waals surface area (Å²) in [5.74, 6) is 1.83. The maximum absolute atomic E-state index is 11.4. The molecule has 1 amide bonds. The Bertz CT molecular complexity index is 1190. The van der Waals surface area contributed by atoms with E-state index < -0.39 is 0 Å². The smallest absolute Gasteiger partial charge is 0.229 e. The number of ether oxygens (including phenoxy) is 1. The number of amides is 1. The highest BCUT2D eigenvalue weighted by atomic mass is 16.5. The third-order valence-electron chi connectivity index (χ3n) is 5.21. The summed E-state index contributed by atoms with van der Waals surface area (Å²) in [4.78, 5) is 23.0. The Morgan fingerprint density at radius 1 is 1.29 bits per heavy atom. The fraction of sp³-hybridized carbons (Fsp3) is 0.273. The summed E-state index contributed by atoms with van der Waals surface area (Å²) in [6.07, 6.45) is 0.841. The van der Waals surface area contributed by atoms with Crippen LogP contribution in [-0.4, -0.2) is 42.1 Å². The molecule has 4 rings (SSSR count). The Labute approximate surface area is 179 Å². The SMILES string of the molecule is COc1ccc2c(N3CCC(NC(C)=O)C3)nc(Nc3ccc(N)c(C#N)c3)nc2c1. The number of methoxy groups -OCH3 is 1. The highest BCUT2D eigenvalue weighted by molar-refractivity contribution is 5.92. The molecule has 0 bridgehead atoms. The molecule has 0 spiro atoms. The van der Waals surface area contributed by atoms with Gasteiger partial charge in [0.1, 0.15) is 17.6 Å². The number of hydrogen-bond donors (Lipinski definition) is 3. The van der Waals surface area contributed by atoms with Gasteiger partial charge in [-0.25, -0.2) is 4.98 Å². The van der Waals surface area contributed by atoms with Gasteiger partial charge in [0, 0.05) is 48.9 Å². The zero-order valence-electron chi connectivity index (χ0n) is 17.3. The fourth-order valence-electron chi connectivity index (χ4n) is 3.73. The summed E-state index contributed by atoms with van der Waals surface area (Å²) in [7, 11) is 1.61. The highest BCUT2D eigenvalue weighted by Gasteiger charge is 2.26. The van der Waals surface area contributed by atoms with Gasteiger partial charge in [0.25, 0.3) is 0 Å². The van der Waals surface area contributed by atoms with Gasteiger partial charge < -0.3 is 26.0 Å². The minimum absolute atomic E-state index is 0.0388. The van der Waals surface area contributed by atoms with Gasteiger partial charge in [-0.1, -0.05) is 0 Å². The summed E-state index contributed by atoms with van der Waals surface area (Å²) in [5, 5.41) is 16.3. The molecule has 2 heterocycles. The first-order valence-electron chi connectivity index (χ1n) is 9.91. The van der Waals surface area contributed by atoms with E-state index in [-0.39, 0.29) is 11.9 Å². The van der Waals surface area contributed by atoms with E-state index in [9.17, 15) is 10.1 Å². The highest BCUT2D eigenvalue weighted by Crippen LogP contribution is 2.31. The van der Waals surface area contributed by atoms with E-state index in [2.05, 4.69) is 26.6 Å². The number of nitrogens with zero attached hydrogens (tertiary/aromatic N) is 4. The van der Waals surface area contributed by atoms with E-state index in [1.165, 1.54) is 6.92 Å². The second kappa shape index (κ2) is 8.36. The summed E-state index contributed by atoms with van der Waals surface area (Å²) >= 11 is 0. The Morgan fingerprint density at radius 3 is 2.87 bits per heavy atom. The van der Waals surface area contributed by atoms with Crippen molar-refractivity contribution in [1.29, 1.82) is 5.26 Å². The number of benzene rings is 2. The summed E-state index contributed by atoms with van der Waals surface area (Å²) < 4.78 is 5.36. The number of nitrogens with two attached hydrogens (primary N) is 1. The molecule has 3 aromatic rings. The Kier molecular flexibility index (Phi) is 5.45. The van der Waals surface area contributed by atoms with Crippen LogP contribution >= 0.6 is 0 Å². The first-order valence-corrected chi connectivity index (χ1v) is 9.91. The first-order chi connectivity index (χ1) is 15.0. The van der Waals surface area contributed by atoms with Gasteiger partial charge in [0.2, 0.25) is 11.9 Å². The molecular weight excluding hydrogens is 394 g/mol. The lowest BCUT2D eigenvalue weighted by Crippen LogP contribution is -2.35. The summed E-state index contributed by atoms with van der Waals surface area (Å²) in [6.45, 7) is 2.96. The number of nitriles is 1. The topological polar surface area (TPSA) is 129 Å². The number of rotatable bonds is 5. The first kappa shape index (κ1) is 20.2. The maximum atomic E-state index is 11.4. The van der Waals surface area contributed by atoms with Crippen molar-refractivity contribution >= 4 is 40.0 Å². The average molecular weight is 417 g/mol. The molecule has 158 valence electrons. The lowest BCUT2D eigenvalue weighted by atomic mass is 10.2. The molecule has 0 aliphatic carbocycles. The maximum Gasteiger partial charge on any atom is 0.229 e. The standard InChI is InChI=1S/C22H23N7O2/c1-13(30)25-16-7-8-29(12-16)21-18-5-4-17(31-2)10-20(18)27-22(28-21)26-15-3-6-19(24)14(9-15)11-23/h3-6,9-10,16H,7-8,12,24H2,1-2H3,(H,25,30)(H,26,27,28). The van der Waals surface area contributed by atoms with Gasteiger partial charge >= 0.3 is 0 Å². The fourth-order valence-corrected chi connectivity index (χ4v) is 3.73. The van der Waals surface area contributed by atoms with Gasteiger partial charge in [0.05, 0.1) is 18.2 Å². The molecule has 1 unspecified atom stereocenters.